The van der Waals surface area contributed by atoms with Crippen molar-refractivity contribution < 1.29 is 9.47 Å². The van der Waals surface area contributed by atoms with Gasteiger partial charge in [-0.05, 0) is 30.2 Å². The molecule has 0 aliphatic heterocycles. The van der Waals surface area contributed by atoms with Gasteiger partial charge in [-0.1, -0.05) is 26.2 Å². The van der Waals surface area contributed by atoms with Crippen LogP contribution in [0.2, 0.25) is 0 Å². The van der Waals surface area contributed by atoms with Crippen molar-refractivity contribution in [3.8, 4) is 11.5 Å². The Bertz CT molecular complexity index is 483. The number of benzene rings is 1. The third kappa shape index (κ3) is 6.65. The van der Waals surface area contributed by atoms with Crippen LogP contribution < -0.4 is 20.9 Å². The molecule has 1 aromatic carbocycles. The summed E-state index contributed by atoms with van der Waals surface area (Å²) in [5.41, 5.74) is 11.2. The van der Waals surface area contributed by atoms with E-state index in [1.165, 1.54) is 19.3 Å². The molecule has 0 saturated carbocycles. The monoisotopic (exact) mass is 292 g/mol. The molecule has 0 bridgehead atoms. The molecule has 0 amide bonds. The Hall–Kier alpha value is -2.24. The normalized spacial score (nSPS) is 10.6. The molecule has 0 atom stereocenters. The first-order chi connectivity index (χ1) is 10.2. The highest BCUT2D eigenvalue weighted by Gasteiger charge is 2.04. The summed E-state index contributed by atoms with van der Waals surface area (Å²) in [5.74, 6) is 1.32. The van der Waals surface area contributed by atoms with E-state index in [1.54, 1.807) is 13.3 Å². The van der Waals surface area contributed by atoms with Crippen molar-refractivity contribution in [1.82, 2.24) is 0 Å². The molecule has 0 aromatic heterocycles. The van der Waals surface area contributed by atoms with Crippen molar-refractivity contribution in [2.75, 3.05) is 13.7 Å². The first-order valence-corrected chi connectivity index (χ1v) is 7.10. The number of nitrogens with zero attached hydrogens (tertiary/aromatic N) is 2. The maximum absolute atomic E-state index is 5.74. The first-order valence-electron chi connectivity index (χ1n) is 7.10. The average molecular weight is 292 g/mol. The van der Waals surface area contributed by atoms with Crippen LogP contribution in [0.3, 0.4) is 0 Å². The summed E-state index contributed by atoms with van der Waals surface area (Å²) >= 11 is 0. The van der Waals surface area contributed by atoms with Gasteiger partial charge in [0.1, 0.15) is 0 Å². The molecule has 0 unspecified atom stereocenters. The Labute approximate surface area is 125 Å². The predicted molar refractivity (Wildman–Crippen MR) is 86.0 cm³/mol. The van der Waals surface area contributed by atoms with Crippen molar-refractivity contribution in [1.29, 1.82) is 0 Å². The zero-order chi connectivity index (χ0) is 15.5. The zero-order valence-corrected chi connectivity index (χ0v) is 12.7. The van der Waals surface area contributed by atoms with Gasteiger partial charge in [0.05, 0.1) is 19.9 Å². The zero-order valence-electron chi connectivity index (χ0n) is 12.7. The molecule has 0 saturated heterocycles. The molecule has 0 spiro atoms. The van der Waals surface area contributed by atoms with Gasteiger partial charge < -0.3 is 20.9 Å². The standard InChI is InChI=1S/C15H24N4O2/c1-3-4-5-6-9-21-13-8-7-12(10-14(13)20-2)11-18-19-15(16)17/h7-8,10-11H,3-6,9H2,1-2H3,(H4,16,17,19)/b18-11-. The number of ether oxygens (including phenoxy) is 2. The van der Waals surface area contributed by atoms with Gasteiger partial charge in [0, 0.05) is 0 Å². The van der Waals surface area contributed by atoms with Crippen LogP contribution >= 0.6 is 0 Å². The number of methoxy groups -OCH3 is 1. The fraction of sp³-hybridized carbons (Fsp3) is 0.467. The fourth-order valence-electron chi connectivity index (χ4n) is 1.76. The molecule has 6 heteroatoms. The van der Waals surface area contributed by atoms with Gasteiger partial charge in [0.25, 0.3) is 0 Å². The number of rotatable bonds is 9. The van der Waals surface area contributed by atoms with E-state index in [0.29, 0.717) is 12.4 Å². The topological polar surface area (TPSA) is 95.2 Å². The maximum atomic E-state index is 5.74. The van der Waals surface area contributed by atoms with Gasteiger partial charge in [-0.2, -0.15) is 5.10 Å². The van der Waals surface area contributed by atoms with Crippen LogP contribution in [0.15, 0.2) is 28.4 Å². The van der Waals surface area contributed by atoms with E-state index in [-0.39, 0.29) is 5.96 Å². The third-order valence-electron chi connectivity index (χ3n) is 2.82. The lowest BCUT2D eigenvalue weighted by molar-refractivity contribution is 0.285. The largest absolute Gasteiger partial charge is 0.493 e. The molecule has 6 nitrogen and oxygen atoms in total. The van der Waals surface area contributed by atoms with E-state index in [9.17, 15) is 0 Å². The van der Waals surface area contributed by atoms with Crippen LogP contribution in [0, 0.1) is 0 Å². The average Bonchev–Trinajstić information content (AvgIpc) is 2.47. The quantitative estimate of drug-likeness (QED) is 0.316. The lowest BCUT2D eigenvalue weighted by Crippen LogP contribution is -2.21. The van der Waals surface area contributed by atoms with Crippen LogP contribution in [0.4, 0.5) is 0 Å². The van der Waals surface area contributed by atoms with E-state index in [4.69, 9.17) is 20.9 Å². The van der Waals surface area contributed by atoms with E-state index < -0.39 is 0 Å². The van der Waals surface area contributed by atoms with Gasteiger partial charge in [0.15, 0.2) is 11.5 Å². The number of hydrogen-bond acceptors (Lipinski definition) is 4. The van der Waals surface area contributed by atoms with Crippen LogP contribution in [0.25, 0.3) is 0 Å². The first kappa shape index (κ1) is 16.8. The highest BCUT2D eigenvalue weighted by Crippen LogP contribution is 2.27. The molecule has 4 N–H and O–H groups in total. The van der Waals surface area contributed by atoms with Crippen LogP contribution in [0.5, 0.6) is 11.5 Å². The molecule has 0 heterocycles. The summed E-state index contributed by atoms with van der Waals surface area (Å²) in [6.45, 7) is 2.88. The number of guanidine groups is 1. The van der Waals surface area contributed by atoms with Crippen LogP contribution in [-0.2, 0) is 0 Å². The summed E-state index contributed by atoms with van der Waals surface area (Å²) in [6.07, 6.45) is 6.23. The molecule has 0 fully saturated rings. The van der Waals surface area contributed by atoms with Crippen molar-refractivity contribution in [3.05, 3.63) is 23.8 Å². The summed E-state index contributed by atoms with van der Waals surface area (Å²) in [7, 11) is 1.61. The smallest absolute Gasteiger partial charge is 0.211 e. The Balaban J connectivity index is 2.62. The SMILES string of the molecule is CCCCCCOc1ccc(/C=N\N=C(N)N)cc1OC. The highest BCUT2D eigenvalue weighted by molar-refractivity contribution is 5.82. The summed E-state index contributed by atoms with van der Waals surface area (Å²) in [6, 6.07) is 5.55. The molecule has 0 radical (unpaired) electrons. The third-order valence-corrected chi connectivity index (χ3v) is 2.82. The van der Waals surface area contributed by atoms with E-state index in [0.717, 1.165) is 17.7 Å². The second-order valence-electron chi connectivity index (χ2n) is 4.59. The van der Waals surface area contributed by atoms with Gasteiger partial charge >= 0.3 is 0 Å². The van der Waals surface area contributed by atoms with Gasteiger partial charge in [0.2, 0.25) is 5.96 Å². The molecular weight excluding hydrogens is 268 g/mol. The van der Waals surface area contributed by atoms with Gasteiger partial charge in [-0.15, -0.1) is 5.10 Å². The van der Waals surface area contributed by atoms with E-state index in [2.05, 4.69) is 17.1 Å². The van der Waals surface area contributed by atoms with Crippen molar-refractivity contribution >= 4 is 12.2 Å². The van der Waals surface area contributed by atoms with Crippen molar-refractivity contribution in [3.63, 3.8) is 0 Å². The Morgan fingerprint density at radius 3 is 2.67 bits per heavy atom. The van der Waals surface area contributed by atoms with E-state index >= 15 is 0 Å². The molecule has 21 heavy (non-hydrogen) atoms. The van der Waals surface area contributed by atoms with Crippen LogP contribution in [-0.4, -0.2) is 25.9 Å². The van der Waals surface area contributed by atoms with Crippen LogP contribution in [0.1, 0.15) is 38.2 Å². The second-order valence-corrected chi connectivity index (χ2v) is 4.59. The minimum absolute atomic E-state index is 0.0785. The van der Waals surface area contributed by atoms with Crippen molar-refractivity contribution in [2.24, 2.45) is 21.7 Å². The Morgan fingerprint density at radius 2 is 2.00 bits per heavy atom. The maximum Gasteiger partial charge on any atom is 0.211 e. The molecule has 0 aliphatic rings. The molecular formula is C15H24N4O2. The summed E-state index contributed by atoms with van der Waals surface area (Å²) < 4.78 is 11.1. The highest BCUT2D eigenvalue weighted by atomic mass is 16.5. The Morgan fingerprint density at radius 1 is 1.19 bits per heavy atom. The Kier molecular flexibility index (Phi) is 7.71. The molecule has 1 aromatic rings. The molecule has 0 aliphatic carbocycles. The predicted octanol–water partition coefficient (Wildman–Crippen LogP) is 2.26. The number of hydrogen-bond donors (Lipinski definition) is 2. The van der Waals surface area contributed by atoms with Gasteiger partial charge in [-0.3, -0.25) is 0 Å². The summed E-state index contributed by atoms with van der Waals surface area (Å²) in [4.78, 5) is 0. The minimum Gasteiger partial charge on any atom is -0.493 e. The number of nitrogens with two attached hydrogens (primary N) is 2. The number of unbranched alkanes of at least 4 members (excludes halogenated alkanes) is 3. The summed E-state index contributed by atoms with van der Waals surface area (Å²) in [5, 5.41) is 7.30. The molecule has 116 valence electrons. The lowest BCUT2D eigenvalue weighted by Gasteiger charge is -2.11. The lowest BCUT2D eigenvalue weighted by atomic mass is 10.2. The second kappa shape index (κ2) is 9.63. The molecule has 1 rings (SSSR count). The van der Waals surface area contributed by atoms with Gasteiger partial charge in [-0.25, -0.2) is 0 Å². The fourth-order valence-corrected chi connectivity index (χ4v) is 1.76. The minimum atomic E-state index is -0.0785. The van der Waals surface area contributed by atoms with E-state index in [1.807, 2.05) is 18.2 Å². The van der Waals surface area contributed by atoms with Crippen molar-refractivity contribution in [2.45, 2.75) is 32.6 Å².